The highest BCUT2D eigenvalue weighted by Crippen LogP contribution is 2.36. The van der Waals surface area contributed by atoms with Crippen molar-refractivity contribution in [2.75, 3.05) is 0 Å². The van der Waals surface area contributed by atoms with Crippen LogP contribution in [0.1, 0.15) is 41.3 Å². The van der Waals surface area contributed by atoms with Crippen LogP contribution in [0, 0.1) is 6.92 Å². The normalized spacial score (nSPS) is 12.3. The van der Waals surface area contributed by atoms with Crippen molar-refractivity contribution in [1.82, 2.24) is 4.98 Å². The summed E-state index contributed by atoms with van der Waals surface area (Å²) >= 11 is 6.29. The molecule has 1 aromatic heterocycles. The molecule has 3 nitrogen and oxygen atoms in total. The summed E-state index contributed by atoms with van der Waals surface area (Å²) in [6.07, 6.45) is 3.59. The van der Waals surface area contributed by atoms with Gasteiger partial charge in [-0.1, -0.05) is 73.1 Å². The van der Waals surface area contributed by atoms with Crippen molar-refractivity contribution in [3.05, 3.63) is 112 Å². The number of H-pyrrole nitrogens is 1. The number of aromatic amines is 1. The largest absolute Gasteiger partial charge is 0.478 e. The van der Waals surface area contributed by atoms with E-state index in [1.165, 1.54) is 5.57 Å². The van der Waals surface area contributed by atoms with Crippen LogP contribution < -0.4 is 0 Å². The molecule has 0 aliphatic heterocycles. The lowest BCUT2D eigenvalue weighted by Crippen LogP contribution is -1.96. The monoisotopic (exact) mass is 441 g/mol. The summed E-state index contributed by atoms with van der Waals surface area (Å²) in [5, 5.41) is 10.8. The molecule has 0 aliphatic carbocycles. The Morgan fingerprint density at radius 3 is 2.38 bits per heavy atom. The Morgan fingerprint density at radius 1 is 1.00 bits per heavy atom. The van der Waals surface area contributed by atoms with Gasteiger partial charge in [-0.2, -0.15) is 0 Å². The molecule has 0 fully saturated rings. The first-order chi connectivity index (χ1) is 15.5. The summed E-state index contributed by atoms with van der Waals surface area (Å²) in [6, 6.07) is 24.5. The molecular formula is C28H24ClNO2. The van der Waals surface area contributed by atoms with Crippen molar-refractivity contribution < 1.29 is 9.90 Å². The number of nitrogens with one attached hydrogen (secondary N) is 1. The van der Waals surface area contributed by atoms with E-state index < -0.39 is 5.97 Å². The van der Waals surface area contributed by atoms with E-state index in [9.17, 15) is 4.79 Å². The number of hydrogen-bond donors (Lipinski definition) is 2. The standard InChI is InChI=1S/C28H24ClNO2/c1-3-23(21-13-14-24(29)18(2)16-21)28(26-17-22-6-4-5-7-25(22)30-26)20-11-8-19(9-12-20)10-15-27(31)32/h4-17,30H,3H2,1-2H3,(H,31,32)/b15-10+,28-23+. The van der Waals surface area contributed by atoms with E-state index in [1.54, 1.807) is 6.08 Å². The van der Waals surface area contributed by atoms with Gasteiger partial charge in [0.05, 0.1) is 0 Å². The second-order valence-electron chi connectivity index (χ2n) is 7.73. The number of benzene rings is 3. The minimum atomic E-state index is -0.959. The molecule has 0 saturated carbocycles. The summed E-state index contributed by atoms with van der Waals surface area (Å²) in [4.78, 5) is 14.4. The first kappa shape index (κ1) is 21.7. The van der Waals surface area contributed by atoms with Crippen molar-refractivity contribution in [1.29, 1.82) is 0 Å². The maximum atomic E-state index is 10.8. The van der Waals surface area contributed by atoms with Gasteiger partial charge in [0.2, 0.25) is 0 Å². The number of carbonyl (C=O) groups is 1. The first-order valence-corrected chi connectivity index (χ1v) is 10.9. The molecule has 0 bridgehead atoms. The summed E-state index contributed by atoms with van der Waals surface area (Å²) < 4.78 is 0. The molecule has 4 aromatic rings. The number of carboxylic acid groups (broad SMARTS) is 1. The molecular weight excluding hydrogens is 418 g/mol. The number of rotatable bonds is 6. The van der Waals surface area contributed by atoms with Gasteiger partial charge in [-0.3, -0.25) is 0 Å². The molecule has 0 radical (unpaired) electrons. The average molecular weight is 442 g/mol. The zero-order valence-electron chi connectivity index (χ0n) is 18.0. The van der Waals surface area contributed by atoms with Crippen molar-refractivity contribution in [2.45, 2.75) is 20.3 Å². The van der Waals surface area contributed by atoms with Gasteiger partial charge in [-0.05, 0) is 65.4 Å². The second kappa shape index (κ2) is 9.29. The van der Waals surface area contributed by atoms with Crippen LogP contribution in [0.3, 0.4) is 0 Å². The maximum absolute atomic E-state index is 10.8. The molecule has 3 aromatic carbocycles. The van der Waals surface area contributed by atoms with E-state index in [-0.39, 0.29) is 0 Å². The van der Waals surface area contributed by atoms with Crippen molar-refractivity contribution in [3.63, 3.8) is 0 Å². The van der Waals surface area contributed by atoms with Crippen LogP contribution in [-0.2, 0) is 4.79 Å². The van der Waals surface area contributed by atoms with Crippen LogP contribution in [0.4, 0.5) is 0 Å². The lowest BCUT2D eigenvalue weighted by molar-refractivity contribution is -0.131. The maximum Gasteiger partial charge on any atom is 0.328 e. The van der Waals surface area contributed by atoms with Crippen molar-refractivity contribution in [3.8, 4) is 0 Å². The fourth-order valence-corrected chi connectivity index (χ4v) is 4.10. The number of para-hydroxylation sites is 1. The second-order valence-corrected chi connectivity index (χ2v) is 8.14. The number of aryl methyl sites for hydroxylation is 1. The Hall–Kier alpha value is -3.56. The van der Waals surface area contributed by atoms with Gasteiger partial charge in [0.25, 0.3) is 0 Å². The van der Waals surface area contributed by atoms with E-state index >= 15 is 0 Å². The third kappa shape index (κ3) is 4.53. The molecule has 0 saturated heterocycles. The highest BCUT2D eigenvalue weighted by molar-refractivity contribution is 6.31. The van der Waals surface area contributed by atoms with Gasteiger partial charge in [-0.25, -0.2) is 4.79 Å². The number of hydrogen-bond acceptors (Lipinski definition) is 1. The first-order valence-electron chi connectivity index (χ1n) is 10.6. The van der Waals surface area contributed by atoms with Crippen LogP contribution in [0.25, 0.3) is 28.1 Å². The molecule has 0 atom stereocenters. The average Bonchev–Trinajstić information content (AvgIpc) is 3.22. The van der Waals surface area contributed by atoms with Gasteiger partial charge < -0.3 is 10.1 Å². The number of aliphatic carboxylic acids is 1. The van der Waals surface area contributed by atoms with Crippen molar-refractivity contribution >= 4 is 45.7 Å². The van der Waals surface area contributed by atoms with E-state index in [4.69, 9.17) is 16.7 Å². The molecule has 0 aliphatic rings. The molecule has 32 heavy (non-hydrogen) atoms. The molecule has 4 heteroatoms. The van der Waals surface area contributed by atoms with Crippen LogP contribution in [-0.4, -0.2) is 16.1 Å². The van der Waals surface area contributed by atoms with Crippen LogP contribution in [0.5, 0.6) is 0 Å². The van der Waals surface area contributed by atoms with E-state index in [0.29, 0.717) is 0 Å². The minimum absolute atomic E-state index is 0.755. The number of halogens is 1. The van der Waals surface area contributed by atoms with Gasteiger partial charge in [0, 0.05) is 33.3 Å². The highest BCUT2D eigenvalue weighted by Gasteiger charge is 2.16. The Balaban J connectivity index is 1.92. The summed E-state index contributed by atoms with van der Waals surface area (Å²) in [7, 11) is 0. The molecule has 1 heterocycles. The fourth-order valence-electron chi connectivity index (χ4n) is 3.99. The number of allylic oxidation sites excluding steroid dienone is 1. The molecule has 4 rings (SSSR count). The zero-order chi connectivity index (χ0) is 22.7. The Kier molecular flexibility index (Phi) is 6.29. The van der Waals surface area contributed by atoms with Gasteiger partial charge in [0.15, 0.2) is 0 Å². The molecule has 0 amide bonds. The predicted molar refractivity (Wildman–Crippen MR) is 134 cm³/mol. The highest BCUT2D eigenvalue weighted by atomic mass is 35.5. The molecule has 0 spiro atoms. The van der Waals surface area contributed by atoms with Crippen LogP contribution in [0.2, 0.25) is 5.02 Å². The predicted octanol–water partition coefficient (Wildman–Crippen LogP) is 7.60. The summed E-state index contributed by atoms with van der Waals surface area (Å²) in [5.74, 6) is -0.959. The summed E-state index contributed by atoms with van der Waals surface area (Å²) in [6.45, 7) is 4.18. The minimum Gasteiger partial charge on any atom is -0.478 e. The van der Waals surface area contributed by atoms with E-state index in [1.807, 2.05) is 49.4 Å². The van der Waals surface area contributed by atoms with Crippen LogP contribution in [0.15, 0.2) is 78.9 Å². The smallest absolute Gasteiger partial charge is 0.328 e. The van der Waals surface area contributed by atoms with Gasteiger partial charge >= 0.3 is 5.97 Å². The number of carboxylic acids is 1. The third-order valence-corrected chi connectivity index (χ3v) is 6.00. The van der Waals surface area contributed by atoms with Gasteiger partial charge in [0.1, 0.15) is 0 Å². The lowest BCUT2D eigenvalue weighted by atomic mass is 9.90. The summed E-state index contributed by atoms with van der Waals surface area (Å²) in [5.41, 5.74) is 8.55. The Morgan fingerprint density at radius 2 is 1.72 bits per heavy atom. The van der Waals surface area contributed by atoms with E-state index in [0.717, 1.165) is 61.9 Å². The topological polar surface area (TPSA) is 53.1 Å². The fraction of sp³-hybridized carbons (Fsp3) is 0.107. The zero-order valence-corrected chi connectivity index (χ0v) is 18.8. The van der Waals surface area contributed by atoms with E-state index in [2.05, 4.69) is 42.2 Å². The van der Waals surface area contributed by atoms with Crippen molar-refractivity contribution in [2.24, 2.45) is 0 Å². The molecule has 0 unspecified atom stereocenters. The van der Waals surface area contributed by atoms with Gasteiger partial charge in [-0.15, -0.1) is 0 Å². The Labute approximate surface area is 192 Å². The lowest BCUT2D eigenvalue weighted by Gasteiger charge is -2.16. The number of fused-ring (bicyclic) bond motifs is 1. The Bertz CT molecular complexity index is 1310. The molecule has 160 valence electrons. The number of aromatic nitrogens is 1. The molecule has 2 N–H and O–H groups in total. The third-order valence-electron chi connectivity index (χ3n) is 5.58. The van der Waals surface area contributed by atoms with Crippen LogP contribution >= 0.6 is 11.6 Å². The quantitative estimate of drug-likeness (QED) is 0.239. The SMILES string of the molecule is CC/C(=C(/c1ccc(/C=C/C(=O)O)cc1)c1cc2ccccc2[nH]1)c1ccc(Cl)c(C)c1.